The summed E-state index contributed by atoms with van der Waals surface area (Å²) in [5.74, 6) is 0. The Morgan fingerprint density at radius 3 is 2.00 bits per heavy atom. The molecule has 252 valence electrons. The molecule has 12 rings (SSSR count). The van der Waals surface area contributed by atoms with Gasteiger partial charge in [-0.2, -0.15) is 0 Å². The lowest BCUT2D eigenvalue weighted by atomic mass is 9.94. The van der Waals surface area contributed by atoms with Gasteiger partial charge < -0.3 is 9.32 Å². The number of anilines is 3. The first-order valence-electron chi connectivity index (χ1n) is 18.1. The van der Waals surface area contributed by atoms with Crippen molar-refractivity contribution in [3.05, 3.63) is 170 Å². The van der Waals surface area contributed by atoms with E-state index in [-0.39, 0.29) is 0 Å². The van der Waals surface area contributed by atoms with Crippen molar-refractivity contribution in [3.8, 4) is 43.4 Å². The van der Waals surface area contributed by atoms with Crippen LogP contribution < -0.4 is 4.90 Å². The Labute approximate surface area is 318 Å². The normalized spacial score (nSPS) is 12.1. The molecule has 0 fully saturated rings. The van der Waals surface area contributed by atoms with E-state index in [1.54, 1.807) is 11.3 Å². The van der Waals surface area contributed by atoms with Gasteiger partial charge in [-0.05, 0) is 77.2 Å². The highest BCUT2D eigenvalue weighted by molar-refractivity contribution is 7.25. The maximum atomic E-state index is 6.24. The van der Waals surface area contributed by atoms with E-state index in [0.717, 1.165) is 55.3 Å². The summed E-state index contributed by atoms with van der Waals surface area (Å²) < 4.78 is 8.83. The topological polar surface area (TPSA) is 29.3 Å². The van der Waals surface area contributed by atoms with Gasteiger partial charge in [-0.3, -0.25) is 0 Å². The highest BCUT2D eigenvalue weighted by Crippen LogP contribution is 2.53. The minimum Gasteiger partial charge on any atom is -0.456 e. The molecule has 0 spiro atoms. The average molecular weight is 725 g/mol. The highest BCUT2D eigenvalue weighted by atomic mass is 32.1. The van der Waals surface area contributed by atoms with Crippen molar-refractivity contribution in [3.63, 3.8) is 0 Å². The molecule has 8 aromatic carbocycles. The summed E-state index contributed by atoms with van der Waals surface area (Å²) in [6.45, 7) is 0. The molecular weight excluding hydrogens is 697 g/mol. The number of fused-ring (bicyclic) bond motifs is 9. The maximum absolute atomic E-state index is 6.24. The number of thiazole rings is 1. The van der Waals surface area contributed by atoms with E-state index >= 15 is 0 Å². The minimum absolute atomic E-state index is 0.891. The summed E-state index contributed by atoms with van der Waals surface area (Å²) in [5.41, 5.74) is 12.3. The number of nitrogens with zero attached hydrogens (tertiary/aromatic N) is 2. The van der Waals surface area contributed by atoms with Gasteiger partial charge in [0.15, 0.2) is 0 Å². The number of furan rings is 1. The summed E-state index contributed by atoms with van der Waals surface area (Å²) in [7, 11) is 0. The number of benzene rings is 8. The van der Waals surface area contributed by atoms with Crippen molar-refractivity contribution in [1.29, 1.82) is 0 Å². The van der Waals surface area contributed by atoms with E-state index in [1.807, 2.05) is 23.5 Å². The number of rotatable bonds is 5. The van der Waals surface area contributed by atoms with Gasteiger partial charge in [-0.25, -0.2) is 4.98 Å². The molecule has 3 heterocycles. The van der Waals surface area contributed by atoms with Crippen LogP contribution in [0, 0.1) is 0 Å². The fraction of sp³-hybridized carbons (Fsp3) is 0. The van der Waals surface area contributed by atoms with Crippen LogP contribution >= 0.6 is 22.7 Å². The van der Waals surface area contributed by atoms with Gasteiger partial charge in [0, 0.05) is 70.1 Å². The highest BCUT2D eigenvalue weighted by Gasteiger charge is 2.27. The zero-order valence-electron chi connectivity index (χ0n) is 28.8. The molecule has 5 heteroatoms. The third-order valence-corrected chi connectivity index (χ3v) is 13.2. The smallest absolute Gasteiger partial charge is 0.135 e. The largest absolute Gasteiger partial charge is 0.456 e. The molecule has 0 atom stereocenters. The van der Waals surface area contributed by atoms with Gasteiger partial charge in [-0.15, -0.1) is 22.7 Å². The number of thiophene rings is 1. The van der Waals surface area contributed by atoms with Crippen molar-refractivity contribution >= 4 is 92.6 Å². The molecular formula is C49H28N2OS2. The molecule has 1 aliphatic carbocycles. The van der Waals surface area contributed by atoms with E-state index in [1.165, 1.54) is 58.1 Å². The second-order valence-corrected chi connectivity index (χ2v) is 16.0. The molecule has 0 amide bonds. The van der Waals surface area contributed by atoms with Crippen molar-refractivity contribution in [2.24, 2.45) is 0 Å². The first-order chi connectivity index (χ1) is 26.7. The third kappa shape index (κ3) is 4.43. The Bertz CT molecular complexity index is 3140. The van der Waals surface area contributed by atoms with Crippen LogP contribution in [0.25, 0.3) is 96.3 Å². The molecule has 0 aliphatic heterocycles. The number of hydrogen-bond donors (Lipinski definition) is 0. The van der Waals surface area contributed by atoms with E-state index in [9.17, 15) is 0 Å². The molecule has 1 aliphatic rings. The van der Waals surface area contributed by atoms with Crippen LogP contribution in [0.15, 0.2) is 174 Å². The van der Waals surface area contributed by atoms with E-state index in [4.69, 9.17) is 9.40 Å². The van der Waals surface area contributed by atoms with E-state index in [0.29, 0.717) is 0 Å². The predicted molar refractivity (Wildman–Crippen MR) is 230 cm³/mol. The lowest BCUT2D eigenvalue weighted by molar-refractivity contribution is 0.669. The molecule has 0 N–H and O–H groups in total. The quantitative estimate of drug-likeness (QED) is 0.177. The van der Waals surface area contributed by atoms with Gasteiger partial charge in [0.1, 0.15) is 16.2 Å². The molecule has 0 saturated heterocycles. The van der Waals surface area contributed by atoms with Gasteiger partial charge in [-0.1, -0.05) is 109 Å². The molecule has 11 aromatic rings. The van der Waals surface area contributed by atoms with Crippen LogP contribution in [0.5, 0.6) is 0 Å². The van der Waals surface area contributed by atoms with Crippen LogP contribution in [-0.4, -0.2) is 4.98 Å². The SMILES string of the molecule is c1ccc(-c2nc3c(s2)-c2cccc4c(-c5ccc(N(c6ccc7oc8ccccc8c7c6)c6ccc7sc8ccccc8c7c6)cc5)ccc-3c24)cc1. The molecule has 0 radical (unpaired) electrons. The van der Waals surface area contributed by atoms with Crippen molar-refractivity contribution in [2.45, 2.75) is 0 Å². The van der Waals surface area contributed by atoms with E-state index < -0.39 is 0 Å². The van der Waals surface area contributed by atoms with Gasteiger partial charge in [0.05, 0.1) is 10.6 Å². The van der Waals surface area contributed by atoms with Crippen molar-refractivity contribution < 1.29 is 4.42 Å². The second-order valence-electron chi connectivity index (χ2n) is 13.9. The Kier molecular flexibility index (Phi) is 6.38. The number of hydrogen-bond acceptors (Lipinski definition) is 5. The van der Waals surface area contributed by atoms with Crippen LogP contribution in [0.1, 0.15) is 0 Å². The Hall–Kier alpha value is -6.53. The first-order valence-corrected chi connectivity index (χ1v) is 19.7. The zero-order valence-corrected chi connectivity index (χ0v) is 30.4. The predicted octanol–water partition coefficient (Wildman–Crippen LogP) is 15.0. The molecule has 0 bridgehead atoms. The summed E-state index contributed by atoms with van der Waals surface area (Å²) in [5, 5.41) is 8.42. The second kappa shape index (κ2) is 11.5. The standard InChI is InChI=1S/C49H28N2OS2/c1-2-9-30(10-3-1)49-50-47-38-24-23-34(37-13-8-14-39(46(37)38)48(47)54-49)29-17-19-31(20-18-29)51(32-21-25-43-40(27-32)35-11-4-6-15-42(35)52-43)33-22-26-45-41(28-33)36-12-5-7-16-44(36)53-45/h1-28H. The lowest BCUT2D eigenvalue weighted by Crippen LogP contribution is -2.09. The summed E-state index contributed by atoms with van der Waals surface area (Å²) in [6, 6.07) is 61.2. The third-order valence-electron chi connectivity index (χ3n) is 10.9. The molecule has 3 nitrogen and oxygen atoms in total. The minimum atomic E-state index is 0.891. The van der Waals surface area contributed by atoms with E-state index in [2.05, 4.69) is 163 Å². The molecule has 0 saturated carbocycles. The van der Waals surface area contributed by atoms with Crippen LogP contribution in [-0.2, 0) is 0 Å². The van der Waals surface area contributed by atoms with Crippen LogP contribution in [0.3, 0.4) is 0 Å². The van der Waals surface area contributed by atoms with Crippen LogP contribution in [0.4, 0.5) is 17.1 Å². The summed E-state index contributed by atoms with van der Waals surface area (Å²) >= 11 is 3.64. The lowest BCUT2D eigenvalue weighted by Gasteiger charge is -2.26. The first kappa shape index (κ1) is 30.0. The Morgan fingerprint density at radius 1 is 0.426 bits per heavy atom. The zero-order chi connectivity index (χ0) is 35.3. The Balaban J connectivity index is 0.986. The monoisotopic (exact) mass is 724 g/mol. The number of aromatic nitrogens is 1. The van der Waals surface area contributed by atoms with Crippen molar-refractivity contribution in [2.75, 3.05) is 4.90 Å². The Morgan fingerprint density at radius 2 is 1.11 bits per heavy atom. The van der Waals surface area contributed by atoms with Gasteiger partial charge >= 0.3 is 0 Å². The summed E-state index contributed by atoms with van der Waals surface area (Å²) in [6.07, 6.45) is 0. The molecule has 54 heavy (non-hydrogen) atoms. The average Bonchev–Trinajstić information content (AvgIpc) is 4.00. The molecule has 3 aromatic heterocycles. The molecule has 0 unspecified atom stereocenters. The van der Waals surface area contributed by atoms with Crippen molar-refractivity contribution in [1.82, 2.24) is 4.98 Å². The maximum Gasteiger partial charge on any atom is 0.135 e. The number of para-hydroxylation sites is 1. The van der Waals surface area contributed by atoms with Gasteiger partial charge in [0.2, 0.25) is 0 Å². The fourth-order valence-electron chi connectivity index (χ4n) is 8.38. The summed E-state index contributed by atoms with van der Waals surface area (Å²) in [4.78, 5) is 8.80. The van der Waals surface area contributed by atoms with Crippen LogP contribution in [0.2, 0.25) is 0 Å². The fourth-order valence-corrected chi connectivity index (χ4v) is 10.6. The van der Waals surface area contributed by atoms with Gasteiger partial charge in [0.25, 0.3) is 0 Å².